The Morgan fingerprint density at radius 1 is 1.02 bits per heavy atom. The zero-order valence-corrected chi connectivity index (χ0v) is 25.6. The summed E-state index contributed by atoms with van der Waals surface area (Å²) in [6, 6.07) is 5.77. The fraction of sp³-hybridized carbons (Fsp3) is 0.686. The summed E-state index contributed by atoms with van der Waals surface area (Å²) in [6.45, 7) is 14.2. The molecule has 0 heterocycles. The molecule has 1 aromatic rings. The third-order valence-electron chi connectivity index (χ3n) is 11.9. The van der Waals surface area contributed by atoms with E-state index in [1.165, 1.54) is 87.6 Å². The highest BCUT2D eigenvalue weighted by molar-refractivity contribution is 5.89. The second kappa shape index (κ2) is 10.8. The highest BCUT2D eigenvalue weighted by Gasteiger charge is 2.59. The fourth-order valence-electron chi connectivity index (χ4n) is 9.74. The normalized spacial score (nSPS) is 34.4. The first kappa shape index (κ1) is 29.1. The molecule has 0 spiro atoms. The molecule has 1 aromatic carbocycles. The zero-order valence-electron chi connectivity index (χ0n) is 25.6. The van der Waals surface area contributed by atoms with Crippen molar-refractivity contribution in [2.75, 3.05) is 0 Å². The SMILES string of the molecule is CC(C)=CCCCC1CCC2C3=C(CCC12C)C1(C)CCC(OC(=O)c2ccc([N+](=O)[O-])cc2)C(C)(C)C1CC3. The number of allylic oxidation sites excluding steroid dienone is 4. The predicted molar refractivity (Wildman–Crippen MR) is 160 cm³/mol. The van der Waals surface area contributed by atoms with Gasteiger partial charge in [0.15, 0.2) is 0 Å². The Balaban J connectivity index is 1.31. The van der Waals surface area contributed by atoms with E-state index in [9.17, 15) is 14.9 Å². The van der Waals surface area contributed by atoms with E-state index in [0.29, 0.717) is 16.9 Å². The van der Waals surface area contributed by atoms with Crippen LogP contribution in [0.2, 0.25) is 0 Å². The Labute approximate surface area is 241 Å². The number of esters is 1. The van der Waals surface area contributed by atoms with Crippen molar-refractivity contribution in [3.05, 3.63) is 62.7 Å². The van der Waals surface area contributed by atoms with Gasteiger partial charge in [-0.2, -0.15) is 0 Å². The van der Waals surface area contributed by atoms with Gasteiger partial charge in [-0.15, -0.1) is 0 Å². The van der Waals surface area contributed by atoms with Gasteiger partial charge >= 0.3 is 5.97 Å². The molecule has 5 rings (SSSR count). The third-order valence-corrected chi connectivity index (χ3v) is 11.9. The molecule has 2 fully saturated rings. The maximum absolute atomic E-state index is 13.1. The zero-order chi connectivity index (χ0) is 28.9. The highest BCUT2D eigenvalue weighted by atomic mass is 16.6. The van der Waals surface area contributed by atoms with Gasteiger partial charge in [0.2, 0.25) is 0 Å². The first-order valence-electron chi connectivity index (χ1n) is 15.7. The molecule has 5 heteroatoms. The quantitative estimate of drug-likeness (QED) is 0.112. The van der Waals surface area contributed by atoms with Crippen molar-refractivity contribution in [1.29, 1.82) is 0 Å². The van der Waals surface area contributed by atoms with Crippen LogP contribution in [0.15, 0.2) is 47.1 Å². The van der Waals surface area contributed by atoms with Gasteiger partial charge in [0.05, 0.1) is 10.5 Å². The number of fused-ring (bicyclic) bond motifs is 4. The van der Waals surface area contributed by atoms with Gasteiger partial charge < -0.3 is 4.74 Å². The van der Waals surface area contributed by atoms with E-state index in [2.05, 4.69) is 47.6 Å². The van der Waals surface area contributed by atoms with Crippen LogP contribution in [0.4, 0.5) is 5.69 Å². The Kier molecular flexibility index (Phi) is 7.82. The molecule has 2 saturated carbocycles. The summed E-state index contributed by atoms with van der Waals surface area (Å²) in [5.74, 6) is 1.71. The molecular formula is C35H49NO4. The minimum Gasteiger partial charge on any atom is -0.458 e. The number of carbonyl (C=O) groups is 1. The monoisotopic (exact) mass is 547 g/mol. The average Bonchev–Trinajstić information content (AvgIpc) is 3.24. The Morgan fingerprint density at radius 3 is 2.42 bits per heavy atom. The Hall–Kier alpha value is -2.43. The fourth-order valence-corrected chi connectivity index (χ4v) is 9.74. The van der Waals surface area contributed by atoms with Crippen LogP contribution in [0.3, 0.4) is 0 Å². The lowest BCUT2D eigenvalue weighted by Gasteiger charge is -2.60. The topological polar surface area (TPSA) is 69.4 Å². The molecule has 5 nitrogen and oxygen atoms in total. The molecule has 6 unspecified atom stereocenters. The molecular weight excluding hydrogens is 498 g/mol. The van der Waals surface area contributed by atoms with Crippen molar-refractivity contribution in [2.45, 2.75) is 118 Å². The lowest BCUT2D eigenvalue weighted by atomic mass is 9.46. The van der Waals surface area contributed by atoms with Crippen LogP contribution in [-0.4, -0.2) is 17.0 Å². The molecule has 218 valence electrons. The van der Waals surface area contributed by atoms with Crippen LogP contribution in [0.25, 0.3) is 0 Å². The molecule has 0 aliphatic heterocycles. The van der Waals surface area contributed by atoms with Gasteiger partial charge in [-0.25, -0.2) is 4.79 Å². The Bertz CT molecular complexity index is 1210. The van der Waals surface area contributed by atoms with E-state index < -0.39 is 4.92 Å². The summed E-state index contributed by atoms with van der Waals surface area (Å²) < 4.78 is 6.16. The molecule has 0 aromatic heterocycles. The first-order valence-corrected chi connectivity index (χ1v) is 15.7. The third kappa shape index (κ3) is 4.96. The standard InChI is InChI=1S/C35H49NO4/c1-23(2)9-7-8-10-25-13-17-28-27-16-18-30-33(3,4)31(20-22-35(30,6)29(27)19-21-34(25,28)5)40-32(37)24-11-14-26(15-12-24)36(38)39/h9,11-12,14-15,25,28,30-31H,7-8,10,13,16-22H2,1-6H3. The number of benzene rings is 1. The van der Waals surface area contributed by atoms with Gasteiger partial charge in [-0.05, 0) is 125 Å². The van der Waals surface area contributed by atoms with Crippen molar-refractivity contribution < 1.29 is 14.5 Å². The smallest absolute Gasteiger partial charge is 0.338 e. The van der Waals surface area contributed by atoms with Crippen LogP contribution in [0.1, 0.15) is 123 Å². The van der Waals surface area contributed by atoms with Crippen LogP contribution in [0, 0.1) is 44.1 Å². The molecule has 4 aliphatic carbocycles. The number of nitro groups is 1. The lowest BCUT2D eigenvalue weighted by Crippen LogP contribution is -2.54. The van der Waals surface area contributed by atoms with E-state index >= 15 is 0 Å². The van der Waals surface area contributed by atoms with E-state index in [1.807, 2.05) is 5.57 Å². The van der Waals surface area contributed by atoms with Crippen LogP contribution < -0.4 is 0 Å². The summed E-state index contributed by atoms with van der Waals surface area (Å²) >= 11 is 0. The van der Waals surface area contributed by atoms with Crippen LogP contribution >= 0.6 is 0 Å². The van der Waals surface area contributed by atoms with Crippen molar-refractivity contribution >= 4 is 11.7 Å². The number of rotatable bonds is 7. The molecule has 4 aliphatic rings. The number of non-ortho nitro benzene ring substituents is 1. The molecule has 6 atom stereocenters. The van der Waals surface area contributed by atoms with Crippen molar-refractivity contribution in [3.8, 4) is 0 Å². The van der Waals surface area contributed by atoms with Gasteiger partial charge in [0, 0.05) is 17.5 Å². The minimum absolute atomic E-state index is 0.0162. The lowest BCUT2D eigenvalue weighted by molar-refractivity contribution is -0.384. The number of carbonyl (C=O) groups excluding carboxylic acids is 1. The van der Waals surface area contributed by atoms with Crippen molar-refractivity contribution in [3.63, 3.8) is 0 Å². The highest BCUT2D eigenvalue weighted by Crippen LogP contribution is 2.67. The second-order valence-corrected chi connectivity index (χ2v) is 14.6. The minimum atomic E-state index is -0.447. The molecule has 0 radical (unpaired) electrons. The first-order chi connectivity index (χ1) is 18.9. The molecule has 0 N–H and O–H groups in total. The van der Waals surface area contributed by atoms with Gasteiger partial charge in [0.1, 0.15) is 6.10 Å². The summed E-state index contributed by atoms with van der Waals surface area (Å²) in [6.07, 6.45) is 15.8. The number of hydrogen-bond acceptors (Lipinski definition) is 4. The largest absolute Gasteiger partial charge is 0.458 e. The number of nitro benzene ring substituents is 1. The summed E-state index contributed by atoms with van der Waals surface area (Å²) in [5.41, 5.74) is 5.89. The predicted octanol–water partition coefficient (Wildman–Crippen LogP) is 9.62. The van der Waals surface area contributed by atoms with Gasteiger partial charge in [-0.3, -0.25) is 10.1 Å². The summed E-state index contributed by atoms with van der Waals surface area (Å²) in [4.78, 5) is 23.6. The number of hydrogen-bond donors (Lipinski definition) is 0. The molecule has 0 saturated heterocycles. The summed E-state index contributed by atoms with van der Waals surface area (Å²) in [5, 5.41) is 11.0. The molecule has 40 heavy (non-hydrogen) atoms. The molecule has 0 bridgehead atoms. The van der Waals surface area contributed by atoms with E-state index in [4.69, 9.17) is 4.74 Å². The van der Waals surface area contributed by atoms with Crippen LogP contribution in [-0.2, 0) is 4.74 Å². The Morgan fingerprint density at radius 2 is 1.75 bits per heavy atom. The second-order valence-electron chi connectivity index (χ2n) is 14.6. The van der Waals surface area contributed by atoms with Gasteiger partial charge in [0.25, 0.3) is 5.69 Å². The van der Waals surface area contributed by atoms with Crippen molar-refractivity contribution in [2.24, 2.45) is 34.0 Å². The van der Waals surface area contributed by atoms with Gasteiger partial charge in [-0.1, -0.05) is 50.5 Å². The van der Waals surface area contributed by atoms with E-state index in [-0.39, 0.29) is 28.6 Å². The number of unbranched alkanes of at least 4 members (excludes halogenated alkanes) is 1. The average molecular weight is 548 g/mol. The summed E-state index contributed by atoms with van der Waals surface area (Å²) in [7, 11) is 0. The maximum atomic E-state index is 13.1. The van der Waals surface area contributed by atoms with Crippen LogP contribution in [0.5, 0.6) is 0 Å². The van der Waals surface area contributed by atoms with E-state index in [0.717, 1.165) is 24.7 Å². The number of nitrogens with zero attached hydrogens (tertiary/aromatic N) is 1. The van der Waals surface area contributed by atoms with E-state index in [1.54, 1.807) is 5.57 Å². The maximum Gasteiger partial charge on any atom is 0.338 e. The molecule has 0 amide bonds. The number of ether oxygens (including phenoxy) is 1. The van der Waals surface area contributed by atoms with Crippen molar-refractivity contribution in [1.82, 2.24) is 0 Å².